The van der Waals surface area contributed by atoms with E-state index in [0.717, 1.165) is 32.4 Å². The maximum Gasteiger partial charge on any atom is 0.211 e. The molecular formula is C11H25ClN2O2S. The fourth-order valence-corrected chi connectivity index (χ4v) is 3.24. The van der Waals surface area contributed by atoms with Crippen molar-refractivity contribution in [2.24, 2.45) is 5.92 Å². The molecule has 1 aliphatic heterocycles. The summed E-state index contributed by atoms with van der Waals surface area (Å²) < 4.78 is 25.7. The number of hydrogen-bond acceptors (Lipinski definition) is 3. The Labute approximate surface area is 111 Å². The van der Waals surface area contributed by atoms with Crippen LogP contribution >= 0.6 is 12.4 Å². The van der Waals surface area contributed by atoms with Gasteiger partial charge in [0.05, 0.1) is 5.75 Å². The minimum absolute atomic E-state index is 0. The van der Waals surface area contributed by atoms with E-state index in [1.54, 1.807) is 0 Å². The molecule has 0 aromatic carbocycles. The lowest BCUT2D eigenvalue weighted by Gasteiger charge is -2.22. The van der Waals surface area contributed by atoms with E-state index in [2.05, 4.69) is 10.0 Å². The Hall–Kier alpha value is 0.160. The molecule has 17 heavy (non-hydrogen) atoms. The molecule has 0 amide bonds. The Balaban J connectivity index is 0.00000256. The maximum absolute atomic E-state index is 11.5. The quantitative estimate of drug-likeness (QED) is 0.745. The number of halogens is 1. The van der Waals surface area contributed by atoms with E-state index >= 15 is 0 Å². The summed E-state index contributed by atoms with van der Waals surface area (Å²) in [5.74, 6) is 0.912. The van der Waals surface area contributed by atoms with Crippen molar-refractivity contribution in [2.75, 3.05) is 25.4 Å². The summed E-state index contributed by atoms with van der Waals surface area (Å²) in [4.78, 5) is 0. The summed E-state index contributed by atoms with van der Waals surface area (Å²) in [6, 6.07) is 0. The van der Waals surface area contributed by atoms with Crippen molar-refractivity contribution in [3.63, 3.8) is 0 Å². The lowest BCUT2D eigenvalue weighted by atomic mass is 9.96. The number of rotatable bonds is 7. The first-order valence-corrected chi connectivity index (χ1v) is 7.97. The first-order valence-electron chi connectivity index (χ1n) is 6.32. The highest BCUT2D eigenvalue weighted by molar-refractivity contribution is 7.89. The molecule has 0 spiro atoms. The normalized spacial score (nSPS) is 20.9. The van der Waals surface area contributed by atoms with Crippen LogP contribution in [-0.4, -0.2) is 33.8 Å². The number of hydrogen-bond donors (Lipinski definition) is 2. The van der Waals surface area contributed by atoms with Gasteiger partial charge in [0.25, 0.3) is 0 Å². The molecule has 1 aliphatic rings. The first-order chi connectivity index (χ1) is 7.64. The molecule has 0 aromatic rings. The van der Waals surface area contributed by atoms with E-state index in [0.29, 0.717) is 12.5 Å². The van der Waals surface area contributed by atoms with Crippen molar-refractivity contribution in [1.29, 1.82) is 0 Å². The lowest BCUT2D eigenvalue weighted by Crippen LogP contribution is -2.33. The molecule has 6 heteroatoms. The van der Waals surface area contributed by atoms with Crippen molar-refractivity contribution >= 4 is 22.4 Å². The van der Waals surface area contributed by atoms with E-state index in [1.165, 1.54) is 12.8 Å². The second kappa shape index (κ2) is 9.14. The van der Waals surface area contributed by atoms with Gasteiger partial charge in [-0.2, -0.15) is 0 Å². The van der Waals surface area contributed by atoms with Crippen LogP contribution in [0.25, 0.3) is 0 Å². The minimum atomic E-state index is -3.01. The van der Waals surface area contributed by atoms with Gasteiger partial charge in [-0.25, -0.2) is 13.1 Å². The number of piperidine rings is 1. The van der Waals surface area contributed by atoms with Crippen molar-refractivity contribution in [2.45, 2.75) is 39.0 Å². The largest absolute Gasteiger partial charge is 0.316 e. The Morgan fingerprint density at radius 2 is 2.18 bits per heavy atom. The van der Waals surface area contributed by atoms with Crippen molar-refractivity contribution < 1.29 is 8.42 Å². The summed E-state index contributed by atoms with van der Waals surface area (Å²) in [7, 11) is -3.01. The van der Waals surface area contributed by atoms with Crippen LogP contribution in [0.2, 0.25) is 0 Å². The van der Waals surface area contributed by atoms with E-state index in [1.807, 2.05) is 6.92 Å². The van der Waals surface area contributed by atoms with E-state index in [9.17, 15) is 8.42 Å². The first kappa shape index (κ1) is 17.2. The van der Waals surface area contributed by atoms with Gasteiger partial charge in [-0.3, -0.25) is 0 Å². The molecule has 0 saturated carbocycles. The van der Waals surface area contributed by atoms with Crippen molar-refractivity contribution in [1.82, 2.24) is 10.0 Å². The number of nitrogens with one attached hydrogen (secondary N) is 2. The van der Waals surface area contributed by atoms with Crippen LogP contribution in [0.5, 0.6) is 0 Å². The lowest BCUT2D eigenvalue weighted by molar-refractivity contribution is 0.358. The molecule has 0 aliphatic carbocycles. The molecule has 1 heterocycles. The van der Waals surface area contributed by atoms with Crippen LogP contribution in [0, 0.1) is 5.92 Å². The Morgan fingerprint density at radius 1 is 1.41 bits per heavy atom. The van der Waals surface area contributed by atoms with E-state index < -0.39 is 10.0 Å². The van der Waals surface area contributed by atoms with Gasteiger partial charge < -0.3 is 5.32 Å². The Kier molecular flexibility index (Phi) is 9.22. The maximum atomic E-state index is 11.5. The Morgan fingerprint density at radius 3 is 2.76 bits per heavy atom. The fourth-order valence-electron chi connectivity index (χ4n) is 2.00. The Bertz CT molecular complexity index is 277. The standard InChI is InChI=1S/C11H24N2O2S.ClH/c1-2-3-9-16(14,15)13-8-6-11-5-4-7-12-10-11;/h11-13H,2-10H2,1H3;1H. The third kappa shape index (κ3) is 7.97. The minimum Gasteiger partial charge on any atom is -0.316 e. The zero-order chi connectivity index (χ0) is 11.9. The second-order valence-electron chi connectivity index (χ2n) is 4.57. The molecule has 0 aromatic heterocycles. The van der Waals surface area contributed by atoms with Crippen LogP contribution in [0.3, 0.4) is 0 Å². The molecule has 1 rings (SSSR count). The average Bonchev–Trinajstić information content (AvgIpc) is 2.28. The third-order valence-corrected chi connectivity index (χ3v) is 4.51. The average molecular weight is 285 g/mol. The van der Waals surface area contributed by atoms with Crippen LogP contribution in [0.1, 0.15) is 39.0 Å². The van der Waals surface area contributed by atoms with E-state index in [-0.39, 0.29) is 18.2 Å². The summed E-state index contributed by atoms with van der Waals surface area (Å²) in [6.07, 6.45) is 5.07. The molecule has 104 valence electrons. The molecule has 1 saturated heterocycles. The van der Waals surface area contributed by atoms with Crippen LogP contribution < -0.4 is 10.0 Å². The van der Waals surface area contributed by atoms with Gasteiger partial charge in [-0.15, -0.1) is 12.4 Å². The molecule has 1 unspecified atom stereocenters. The number of sulfonamides is 1. The molecule has 0 radical (unpaired) electrons. The molecule has 1 fully saturated rings. The summed E-state index contributed by atoms with van der Waals surface area (Å²) in [6.45, 7) is 4.75. The predicted octanol–water partition coefficient (Wildman–Crippen LogP) is 1.52. The molecular weight excluding hydrogens is 260 g/mol. The monoisotopic (exact) mass is 284 g/mol. The third-order valence-electron chi connectivity index (χ3n) is 3.04. The van der Waals surface area contributed by atoms with Gasteiger partial charge in [0, 0.05) is 6.54 Å². The SMILES string of the molecule is CCCCS(=O)(=O)NCCC1CCCNC1.Cl. The van der Waals surface area contributed by atoms with Crippen molar-refractivity contribution in [3.05, 3.63) is 0 Å². The highest BCUT2D eigenvalue weighted by Gasteiger charge is 2.14. The van der Waals surface area contributed by atoms with E-state index in [4.69, 9.17) is 0 Å². The van der Waals surface area contributed by atoms with Gasteiger partial charge in [0.1, 0.15) is 0 Å². The predicted molar refractivity (Wildman–Crippen MR) is 74.2 cm³/mol. The van der Waals surface area contributed by atoms with Gasteiger partial charge in [-0.1, -0.05) is 13.3 Å². The van der Waals surface area contributed by atoms with Crippen LogP contribution in [-0.2, 0) is 10.0 Å². The van der Waals surface area contributed by atoms with Crippen molar-refractivity contribution in [3.8, 4) is 0 Å². The smallest absolute Gasteiger partial charge is 0.211 e. The molecule has 1 atom stereocenters. The highest BCUT2D eigenvalue weighted by Crippen LogP contribution is 2.13. The molecule has 4 nitrogen and oxygen atoms in total. The second-order valence-corrected chi connectivity index (χ2v) is 6.49. The molecule has 0 bridgehead atoms. The zero-order valence-electron chi connectivity index (χ0n) is 10.6. The van der Waals surface area contributed by atoms with Crippen LogP contribution in [0.4, 0.5) is 0 Å². The van der Waals surface area contributed by atoms with Gasteiger partial charge in [0.2, 0.25) is 10.0 Å². The summed E-state index contributed by atoms with van der Waals surface area (Å²) >= 11 is 0. The van der Waals surface area contributed by atoms with Gasteiger partial charge in [0.15, 0.2) is 0 Å². The molecule has 2 N–H and O–H groups in total. The zero-order valence-corrected chi connectivity index (χ0v) is 12.2. The topological polar surface area (TPSA) is 58.2 Å². The fraction of sp³-hybridized carbons (Fsp3) is 1.00. The van der Waals surface area contributed by atoms with Crippen LogP contribution in [0.15, 0.2) is 0 Å². The number of unbranched alkanes of at least 4 members (excludes halogenated alkanes) is 1. The highest BCUT2D eigenvalue weighted by atomic mass is 35.5. The summed E-state index contributed by atoms with van der Waals surface area (Å²) in [5, 5.41) is 3.34. The summed E-state index contributed by atoms with van der Waals surface area (Å²) in [5.41, 5.74) is 0. The van der Waals surface area contributed by atoms with Gasteiger partial charge >= 0.3 is 0 Å². The van der Waals surface area contributed by atoms with Gasteiger partial charge in [-0.05, 0) is 44.7 Å².